The predicted molar refractivity (Wildman–Crippen MR) is 17.0 cm³/mol. The van der Waals surface area contributed by atoms with E-state index in [0.717, 1.165) is 0 Å². The van der Waals surface area contributed by atoms with E-state index in [1.807, 2.05) is 0 Å². The van der Waals surface area contributed by atoms with Gasteiger partial charge in [0.25, 0.3) is 0 Å². The second-order valence-corrected chi connectivity index (χ2v) is 1.16. The maximum absolute atomic E-state index is 5.14. The van der Waals surface area contributed by atoms with Crippen molar-refractivity contribution in [3.05, 3.63) is 12.2 Å². The molecule has 21 valence electrons. The summed E-state index contributed by atoms with van der Waals surface area (Å²) in [7, 11) is 0. The van der Waals surface area contributed by atoms with Crippen LogP contribution in [-0.2, 0) is 0 Å². The third kappa shape index (κ3) is 0.127. The van der Waals surface area contributed by atoms with Crippen LogP contribution < -0.4 is 0 Å². The van der Waals surface area contributed by atoms with Gasteiger partial charge in [0.05, 0.1) is 0 Å². The van der Waals surface area contributed by atoms with Crippen molar-refractivity contribution in [1.29, 1.82) is 0 Å². The second kappa shape index (κ2) is 0.369. The minimum atomic E-state index is 1.17. The standard InChI is InChI=1S/C4H5/c1-4-2-3-4/h1H,2-3H2. The van der Waals surface area contributed by atoms with Gasteiger partial charge in [-0.1, -0.05) is 12.2 Å². The molecule has 1 fully saturated rings. The van der Waals surface area contributed by atoms with E-state index in [-0.39, 0.29) is 0 Å². The summed E-state index contributed by atoms with van der Waals surface area (Å²) in [5.41, 5.74) is 1.17. The van der Waals surface area contributed by atoms with Gasteiger partial charge in [0.15, 0.2) is 0 Å². The molecule has 0 unspecified atom stereocenters. The molecule has 0 atom stereocenters. The van der Waals surface area contributed by atoms with Crippen molar-refractivity contribution in [3.8, 4) is 0 Å². The highest BCUT2D eigenvalue weighted by Gasteiger charge is 2.04. The molecule has 0 nitrogen and oxygen atoms in total. The zero-order valence-electron chi connectivity index (χ0n) is 2.49. The van der Waals surface area contributed by atoms with E-state index in [9.17, 15) is 0 Å². The van der Waals surface area contributed by atoms with Gasteiger partial charge >= 0.3 is 0 Å². The fraction of sp³-hybridized carbons (Fsp3) is 0.500. The third-order valence-corrected chi connectivity index (χ3v) is 0.539. The lowest BCUT2D eigenvalue weighted by Gasteiger charge is -1.33. The zero-order chi connectivity index (χ0) is 2.99. The van der Waals surface area contributed by atoms with Crippen LogP contribution in [0.3, 0.4) is 0 Å². The Morgan fingerprint density at radius 1 is 1.50 bits per heavy atom. The summed E-state index contributed by atoms with van der Waals surface area (Å²) in [5.74, 6) is 0. The van der Waals surface area contributed by atoms with Crippen molar-refractivity contribution in [2.24, 2.45) is 0 Å². The summed E-state index contributed by atoms with van der Waals surface area (Å²) in [4.78, 5) is 0. The Morgan fingerprint density at radius 3 is 1.75 bits per heavy atom. The van der Waals surface area contributed by atoms with E-state index < -0.39 is 0 Å². The molecule has 0 heteroatoms. The third-order valence-electron chi connectivity index (χ3n) is 0.539. The molecule has 0 aromatic rings. The van der Waals surface area contributed by atoms with Crippen molar-refractivity contribution in [3.63, 3.8) is 0 Å². The molecule has 0 aromatic carbocycles. The smallest absolute Gasteiger partial charge is 0.0280 e. The van der Waals surface area contributed by atoms with Gasteiger partial charge in [-0.25, -0.2) is 0 Å². The van der Waals surface area contributed by atoms with Crippen LogP contribution in [0, 0.1) is 6.58 Å². The van der Waals surface area contributed by atoms with Crippen molar-refractivity contribution in [2.75, 3.05) is 0 Å². The van der Waals surface area contributed by atoms with Crippen LogP contribution in [0.4, 0.5) is 0 Å². The van der Waals surface area contributed by atoms with Gasteiger partial charge in [-0.2, -0.15) is 0 Å². The van der Waals surface area contributed by atoms with Gasteiger partial charge in [-0.05, 0) is 12.8 Å². The minimum Gasteiger partial charge on any atom is -0.0696 e. The Morgan fingerprint density at radius 2 is 1.75 bits per heavy atom. The Hall–Kier alpha value is -0.260. The molecule has 1 radical (unpaired) electrons. The van der Waals surface area contributed by atoms with E-state index in [2.05, 4.69) is 0 Å². The van der Waals surface area contributed by atoms with Gasteiger partial charge in [-0.3, -0.25) is 0 Å². The van der Waals surface area contributed by atoms with Gasteiger partial charge < -0.3 is 0 Å². The van der Waals surface area contributed by atoms with Crippen LogP contribution in [0.25, 0.3) is 0 Å². The average Bonchev–Trinajstić information content (AvgIpc) is 1.75. The lowest BCUT2D eigenvalue weighted by molar-refractivity contribution is 1.50. The van der Waals surface area contributed by atoms with Crippen molar-refractivity contribution >= 4 is 0 Å². The minimum absolute atomic E-state index is 1.17. The maximum Gasteiger partial charge on any atom is -0.0280 e. The second-order valence-electron chi connectivity index (χ2n) is 1.16. The van der Waals surface area contributed by atoms with Gasteiger partial charge in [0.1, 0.15) is 0 Å². The largest absolute Gasteiger partial charge is 0.0696 e. The molecule has 0 heterocycles. The fourth-order valence-electron chi connectivity index (χ4n) is 0.0722. The topological polar surface area (TPSA) is 0 Å². The molecule has 1 aliphatic carbocycles. The monoisotopic (exact) mass is 53.0 g/mol. The van der Waals surface area contributed by atoms with Gasteiger partial charge in [0.2, 0.25) is 0 Å². The van der Waals surface area contributed by atoms with Crippen LogP contribution in [0.15, 0.2) is 5.57 Å². The first-order valence-corrected chi connectivity index (χ1v) is 1.50. The molecule has 0 bridgehead atoms. The predicted octanol–water partition coefficient (Wildman–Crippen LogP) is 1.14. The summed E-state index contributed by atoms with van der Waals surface area (Å²) in [6, 6.07) is 0. The highest BCUT2D eigenvalue weighted by molar-refractivity contribution is 5.07. The number of hydrogen-bond donors (Lipinski definition) is 0. The zero-order valence-corrected chi connectivity index (χ0v) is 2.49. The van der Waals surface area contributed by atoms with Crippen LogP contribution in [0.2, 0.25) is 0 Å². The summed E-state index contributed by atoms with van der Waals surface area (Å²) in [6.07, 6.45) is 2.36. The Balaban J connectivity index is 2.60. The number of allylic oxidation sites excluding steroid dienone is 1. The molecule has 1 rings (SSSR count). The first-order valence-electron chi connectivity index (χ1n) is 1.50. The lowest BCUT2D eigenvalue weighted by atomic mass is 10.7. The van der Waals surface area contributed by atoms with E-state index in [0.29, 0.717) is 0 Å². The summed E-state index contributed by atoms with van der Waals surface area (Å²) in [6.45, 7) is 5.14. The van der Waals surface area contributed by atoms with Gasteiger partial charge in [-0.15, -0.1) is 0 Å². The molecule has 1 saturated carbocycles. The lowest BCUT2D eigenvalue weighted by Crippen LogP contribution is -1.13. The van der Waals surface area contributed by atoms with E-state index in [1.54, 1.807) is 0 Å². The van der Waals surface area contributed by atoms with E-state index >= 15 is 0 Å². The normalized spacial score (nSPS) is 21.5. The summed E-state index contributed by atoms with van der Waals surface area (Å²) < 4.78 is 0. The Bertz CT molecular complexity index is 38.0. The average molecular weight is 53.1 g/mol. The number of hydrogen-bond acceptors (Lipinski definition) is 0. The highest BCUT2D eigenvalue weighted by atomic mass is 14.1. The van der Waals surface area contributed by atoms with Crippen LogP contribution in [-0.4, -0.2) is 0 Å². The van der Waals surface area contributed by atoms with Crippen molar-refractivity contribution in [1.82, 2.24) is 0 Å². The quantitative estimate of drug-likeness (QED) is 0.388. The van der Waals surface area contributed by atoms with Crippen molar-refractivity contribution in [2.45, 2.75) is 12.8 Å². The molecule has 1 aliphatic rings. The fourth-order valence-corrected chi connectivity index (χ4v) is 0.0722. The Labute approximate surface area is 26.1 Å². The SMILES string of the molecule is [CH]=C1CC1. The van der Waals surface area contributed by atoms with Crippen LogP contribution >= 0.6 is 0 Å². The number of rotatable bonds is 0. The van der Waals surface area contributed by atoms with E-state index in [1.165, 1.54) is 18.4 Å². The molecule has 0 saturated heterocycles. The Kier molecular flexibility index (Phi) is 0.185. The molecule has 0 aliphatic heterocycles. The molecule has 0 N–H and O–H groups in total. The molecule has 4 heavy (non-hydrogen) atoms. The van der Waals surface area contributed by atoms with Crippen LogP contribution in [0.5, 0.6) is 0 Å². The maximum atomic E-state index is 5.14. The van der Waals surface area contributed by atoms with E-state index in [4.69, 9.17) is 6.58 Å². The van der Waals surface area contributed by atoms with Crippen molar-refractivity contribution < 1.29 is 0 Å². The molecular weight excluding hydrogens is 48.0 g/mol. The molecular formula is C4H5. The molecule has 0 aromatic heterocycles. The van der Waals surface area contributed by atoms with Gasteiger partial charge in [0, 0.05) is 0 Å². The highest BCUT2D eigenvalue weighted by Crippen LogP contribution is 2.23. The summed E-state index contributed by atoms with van der Waals surface area (Å²) >= 11 is 0. The molecule has 0 spiro atoms. The molecule has 0 amide bonds. The van der Waals surface area contributed by atoms with Crippen LogP contribution in [0.1, 0.15) is 12.8 Å². The summed E-state index contributed by atoms with van der Waals surface area (Å²) in [5, 5.41) is 0. The first-order chi connectivity index (χ1) is 1.89. The first kappa shape index (κ1) is 2.01.